The summed E-state index contributed by atoms with van der Waals surface area (Å²) < 4.78 is 12.0. The van der Waals surface area contributed by atoms with Gasteiger partial charge in [-0.25, -0.2) is 0 Å². The molecule has 0 unspecified atom stereocenters. The van der Waals surface area contributed by atoms with Crippen LogP contribution >= 0.6 is 23.2 Å². The van der Waals surface area contributed by atoms with E-state index < -0.39 is 0 Å². The van der Waals surface area contributed by atoms with Gasteiger partial charge in [0.2, 0.25) is 0 Å². The predicted molar refractivity (Wildman–Crippen MR) is 110 cm³/mol. The fraction of sp³-hybridized carbons (Fsp3) is 0.238. The van der Waals surface area contributed by atoms with Crippen LogP contribution < -0.4 is 4.74 Å². The van der Waals surface area contributed by atoms with Gasteiger partial charge in [-0.2, -0.15) is 0 Å². The lowest BCUT2D eigenvalue weighted by Crippen LogP contribution is -2.14. The second-order valence-corrected chi connectivity index (χ2v) is 7.04. The van der Waals surface area contributed by atoms with Crippen molar-refractivity contribution in [3.63, 3.8) is 0 Å². The lowest BCUT2D eigenvalue weighted by atomic mass is 10.1. The van der Waals surface area contributed by atoms with E-state index in [1.807, 2.05) is 0 Å². The molecule has 5 nitrogen and oxygen atoms in total. The Morgan fingerprint density at radius 1 is 1.11 bits per heavy atom. The molecule has 0 radical (unpaired) electrons. The summed E-state index contributed by atoms with van der Waals surface area (Å²) in [6, 6.07) is 10.0. The van der Waals surface area contributed by atoms with E-state index >= 15 is 0 Å². The third-order valence-electron chi connectivity index (χ3n) is 4.53. The van der Waals surface area contributed by atoms with E-state index in [0.29, 0.717) is 43.5 Å². The van der Waals surface area contributed by atoms with Crippen LogP contribution in [0.25, 0.3) is 10.9 Å². The molecule has 3 aromatic rings. The maximum atomic E-state index is 13.2. The first-order valence-electron chi connectivity index (χ1n) is 8.70. The number of methoxy groups -OCH3 is 1. The predicted octanol–water partition coefficient (Wildman–Crippen LogP) is 5.06. The molecular formula is C21H19Cl2NO4. The highest BCUT2D eigenvalue weighted by Crippen LogP contribution is 2.35. The van der Waals surface area contributed by atoms with E-state index in [4.69, 9.17) is 32.7 Å². The molecule has 1 aromatic heterocycles. The zero-order valence-electron chi connectivity index (χ0n) is 15.7. The Labute approximate surface area is 172 Å². The van der Waals surface area contributed by atoms with Gasteiger partial charge < -0.3 is 9.47 Å². The Hall–Kier alpha value is -2.50. The second kappa shape index (κ2) is 8.25. The molecule has 2 aromatic carbocycles. The minimum absolute atomic E-state index is 0.0435. The molecule has 0 saturated heterocycles. The summed E-state index contributed by atoms with van der Waals surface area (Å²) in [5.74, 6) is -0.136. The van der Waals surface area contributed by atoms with Crippen LogP contribution in [0.15, 0.2) is 36.4 Å². The maximum Gasteiger partial charge on any atom is 0.310 e. The number of hydrogen-bond donors (Lipinski definition) is 0. The number of nitrogens with zero attached hydrogens (tertiary/aromatic N) is 1. The third-order valence-corrected chi connectivity index (χ3v) is 5.08. The zero-order chi connectivity index (χ0) is 20.4. The largest absolute Gasteiger partial charge is 0.495 e. The van der Waals surface area contributed by atoms with Gasteiger partial charge >= 0.3 is 5.97 Å². The van der Waals surface area contributed by atoms with Crippen molar-refractivity contribution < 1.29 is 19.1 Å². The van der Waals surface area contributed by atoms with Crippen molar-refractivity contribution >= 4 is 46.0 Å². The summed E-state index contributed by atoms with van der Waals surface area (Å²) in [4.78, 5) is 25.3. The second-order valence-electron chi connectivity index (χ2n) is 6.20. The van der Waals surface area contributed by atoms with Gasteiger partial charge in [-0.3, -0.25) is 14.2 Å². The van der Waals surface area contributed by atoms with E-state index in [0.717, 1.165) is 0 Å². The quantitative estimate of drug-likeness (QED) is 0.542. The summed E-state index contributed by atoms with van der Waals surface area (Å²) in [6.45, 7) is 3.83. The first-order valence-corrected chi connectivity index (χ1v) is 9.46. The van der Waals surface area contributed by atoms with Crippen molar-refractivity contribution in [3.05, 3.63) is 63.3 Å². The molecule has 146 valence electrons. The number of esters is 1. The summed E-state index contributed by atoms with van der Waals surface area (Å²) in [6.07, 6.45) is 0.0435. The molecule has 0 aliphatic carbocycles. The summed E-state index contributed by atoms with van der Waals surface area (Å²) >= 11 is 12.2. The van der Waals surface area contributed by atoms with Gasteiger partial charge in [0.05, 0.1) is 30.7 Å². The Balaban J connectivity index is 2.22. The highest BCUT2D eigenvalue weighted by atomic mass is 35.5. The van der Waals surface area contributed by atoms with Gasteiger partial charge in [-0.1, -0.05) is 23.2 Å². The van der Waals surface area contributed by atoms with Crippen LogP contribution in [0.3, 0.4) is 0 Å². The first kappa shape index (κ1) is 20.2. The molecule has 3 rings (SSSR count). The lowest BCUT2D eigenvalue weighted by molar-refractivity contribution is -0.142. The zero-order valence-corrected chi connectivity index (χ0v) is 17.2. The maximum absolute atomic E-state index is 13.2. The Morgan fingerprint density at radius 3 is 2.39 bits per heavy atom. The van der Waals surface area contributed by atoms with Gasteiger partial charge in [0.1, 0.15) is 5.75 Å². The monoisotopic (exact) mass is 419 g/mol. The molecule has 0 spiro atoms. The molecule has 0 saturated carbocycles. The smallest absolute Gasteiger partial charge is 0.310 e. The molecule has 0 aliphatic rings. The van der Waals surface area contributed by atoms with Crippen molar-refractivity contribution in [2.24, 2.45) is 0 Å². The van der Waals surface area contributed by atoms with Gasteiger partial charge in [0.25, 0.3) is 5.91 Å². The Bertz CT molecular complexity index is 1050. The van der Waals surface area contributed by atoms with Crippen LogP contribution in [0.5, 0.6) is 5.75 Å². The number of benzene rings is 2. The van der Waals surface area contributed by atoms with Crippen molar-refractivity contribution in [2.75, 3.05) is 13.7 Å². The highest BCUT2D eigenvalue weighted by molar-refractivity contribution is 6.33. The van der Waals surface area contributed by atoms with Gasteiger partial charge in [0.15, 0.2) is 0 Å². The number of carbonyl (C=O) groups excluding carboxylic acids is 2. The minimum atomic E-state index is -0.363. The summed E-state index contributed by atoms with van der Waals surface area (Å²) in [5, 5.41) is 1.64. The van der Waals surface area contributed by atoms with Crippen LogP contribution in [-0.4, -0.2) is 30.2 Å². The lowest BCUT2D eigenvalue weighted by Gasteiger charge is -2.09. The van der Waals surface area contributed by atoms with Gasteiger partial charge in [-0.15, -0.1) is 0 Å². The summed E-state index contributed by atoms with van der Waals surface area (Å²) in [7, 11) is 1.51. The molecule has 0 bridgehead atoms. The average Bonchev–Trinajstić information content (AvgIpc) is 2.92. The Morgan fingerprint density at radius 2 is 1.79 bits per heavy atom. The number of ether oxygens (including phenoxy) is 2. The van der Waals surface area contributed by atoms with Crippen LogP contribution in [0.1, 0.15) is 28.5 Å². The van der Waals surface area contributed by atoms with E-state index in [-0.39, 0.29) is 24.9 Å². The molecular weight excluding hydrogens is 401 g/mol. The molecule has 0 amide bonds. The molecule has 28 heavy (non-hydrogen) atoms. The normalized spacial score (nSPS) is 10.9. The van der Waals surface area contributed by atoms with Gasteiger partial charge in [-0.05, 0) is 55.8 Å². The third kappa shape index (κ3) is 3.73. The molecule has 1 heterocycles. The van der Waals surface area contributed by atoms with Crippen LogP contribution in [0.2, 0.25) is 10.0 Å². The van der Waals surface area contributed by atoms with E-state index in [1.165, 1.54) is 7.11 Å². The fourth-order valence-electron chi connectivity index (χ4n) is 3.20. The molecule has 0 fully saturated rings. The molecule has 0 atom stereocenters. The average molecular weight is 420 g/mol. The van der Waals surface area contributed by atoms with E-state index in [1.54, 1.807) is 54.8 Å². The van der Waals surface area contributed by atoms with E-state index in [9.17, 15) is 9.59 Å². The number of fused-ring (bicyclic) bond motifs is 1. The Kier molecular flexibility index (Phi) is 5.96. The number of hydrogen-bond acceptors (Lipinski definition) is 4. The van der Waals surface area contributed by atoms with E-state index in [2.05, 4.69) is 0 Å². The topological polar surface area (TPSA) is 57.5 Å². The SMILES string of the molecule is CCOC(=O)Cc1c(C)n(C(=O)c2ccc(Cl)cc2)c2cc(Cl)c(OC)cc12. The fourth-order valence-corrected chi connectivity index (χ4v) is 3.56. The van der Waals surface area contributed by atoms with Crippen LogP contribution in [0.4, 0.5) is 0 Å². The summed E-state index contributed by atoms with van der Waals surface area (Å²) in [5.41, 5.74) is 2.42. The number of carbonyl (C=O) groups is 2. The number of rotatable bonds is 5. The molecule has 0 N–H and O–H groups in total. The van der Waals surface area contributed by atoms with Crippen LogP contribution in [0, 0.1) is 6.92 Å². The van der Waals surface area contributed by atoms with Gasteiger partial charge in [0, 0.05) is 21.7 Å². The molecule has 7 heteroatoms. The van der Waals surface area contributed by atoms with Crippen molar-refractivity contribution in [1.82, 2.24) is 4.57 Å². The highest BCUT2D eigenvalue weighted by Gasteiger charge is 2.23. The van der Waals surface area contributed by atoms with Crippen molar-refractivity contribution in [3.8, 4) is 5.75 Å². The standard InChI is InChI=1S/C21H19Cl2NO4/c1-4-28-20(25)10-15-12(2)24(21(26)13-5-7-14(22)8-6-13)18-11-17(23)19(27-3)9-16(15)18/h5-9,11H,4,10H2,1-3H3. The van der Waals surface area contributed by atoms with Crippen molar-refractivity contribution in [1.29, 1.82) is 0 Å². The molecule has 0 aliphatic heterocycles. The van der Waals surface area contributed by atoms with Crippen LogP contribution in [-0.2, 0) is 16.0 Å². The van der Waals surface area contributed by atoms with Crippen molar-refractivity contribution in [2.45, 2.75) is 20.3 Å². The number of aromatic nitrogens is 1. The minimum Gasteiger partial charge on any atom is -0.495 e. The first-order chi connectivity index (χ1) is 13.4. The number of halogens is 2.